The summed E-state index contributed by atoms with van der Waals surface area (Å²) in [5, 5.41) is 10.3. The number of hydrogen-bond donors (Lipinski definition) is 3. The van der Waals surface area contributed by atoms with Gasteiger partial charge in [-0.05, 0) is 0 Å². The van der Waals surface area contributed by atoms with E-state index in [0.717, 1.165) is 26.3 Å². The Morgan fingerprint density at radius 1 is 1.50 bits per heavy atom. The summed E-state index contributed by atoms with van der Waals surface area (Å²) >= 11 is 0. The van der Waals surface area contributed by atoms with Gasteiger partial charge in [0.1, 0.15) is 5.66 Å². The Balaban J connectivity index is 1.97. The predicted molar refractivity (Wildman–Crippen MR) is 44.8 cm³/mol. The van der Waals surface area contributed by atoms with Crippen molar-refractivity contribution in [2.75, 3.05) is 19.9 Å². The van der Waals surface area contributed by atoms with Crippen LogP contribution in [0.2, 0.25) is 0 Å². The lowest BCUT2D eigenvalue weighted by Gasteiger charge is -2.43. The minimum atomic E-state index is 0.0885. The molecule has 3 rings (SSSR count). The van der Waals surface area contributed by atoms with E-state index in [1.807, 2.05) is 0 Å². The SMILES string of the molecule is C1#CN2CNCC3NCNC32C1. The molecule has 0 bridgehead atoms. The van der Waals surface area contributed by atoms with Crippen molar-refractivity contribution in [2.45, 2.75) is 18.1 Å². The fourth-order valence-electron chi connectivity index (χ4n) is 2.30. The summed E-state index contributed by atoms with van der Waals surface area (Å²) in [4.78, 5) is 2.18. The summed E-state index contributed by atoms with van der Waals surface area (Å²) in [7, 11) is 0. The first kappa shape index (κ1) is 6.72. The van der Waals surface area contributed by atoms with Gasteiger partial charge in [-0.25, -0.2) is 0 Å². The molecule has 0 aromatic heterocycles. The molecule has 0 radical (unpaired) electrons. The second kappa shape index (κ2) is 2.13. The molecule has 12 heavy (non-hydrogen) atoms. The van der Waals surface area contributed by atoms with Crippen LogP contribution in [-0.2, 0) is 0 Å². The van der Waals surface area contributed by atoms with Crippen LogP contribution in [0, 0.1) is 12.0 Å². The molecule has 0 aliphatic carbocycles. The Morgan fingerprint density at radius 3 is 3.50 bits per heavy atom. The maximum atomic E-state index is 3.48. The summed E-state index contributed by atoms with van der Waals surface area (Å²) in [6.07, 6.45) is 0.951. The fourth-order valence-corrected chi connectivity index (χ4v) is 2.30. The number of nitrogens with zero attached hydrogens (tertiary/aromatic N) is 1. The molecule has 3 N–H and O–H groups in total. The highest BCUT2D eigenvalue weighted by molar-refractivity contribution is 5.23. The van der Waals surface area contributed by atoms with Crippen molar-refractivity contribution < 1.29 is 0 Å². The molecule has 3 aliphatic rings. The summed E-state index contributed by atoms with van der Waals surface area (Å²) < 4.78 is 0. The molecule has 0 aromatic carbocycles. The largest absolute Gasteiger partial charge is 0.298 e. The van der Waals surface area contributed by atoms with E-state index in [1.54, 1.807) is 0 Å². The summed E-state index contributed by atoms with van der Waals surface area (Å²) in [5.41, 5.74) is 0.0885. The molecule has 2 atom stereocenters. The molecule has 2 saturated heterocycles. The summed E-state index contributed by atoms with van der Waals surface area (Å²) in [5.74, 6) is 3.16. The van der Waals surface area contributed by atoms with E-state index >= 15 is 0 Å². The van der Waals surface area contributed by atoms with Crippen LogP contribution in [0.4, 0.5) is 0 Å². The van der Waals surface area contributed by atoms with Crippen LogP contribution in [0.5, 0.6) is 0 Å². The Bertz CT molecular complexity index is 266. The van der Waals surface area contributed by atoms with Gasteiger partial charge in [-0.3, -0.25) is 20.9 Å². The third-order valence-corrected chi connectivity index (χ3v) is 2.99. The maximum absolute atomic E-state index is 3.48. The molecule has 2 unspecified atom stereocenters. The van der Waals surface area contributed by atoms with E-state index in [0.29, 0.717) is 6.04 Å². The van der Waals surface area contributed by atoms with E-state index in [9.17, 15) is 0 Å². The molecule has 4 nitrogen and oxygen atoms in total. The zero-order chi connectivity index (χ0) is 8.02. The number of nitrogens with one attached hydrogen (secondary N) is 3. The molecule has 0 amide bonds. The van der Waals surface area contributed by atoms with Crippen molar-refractivity contribution in [3.8, 4) is 12.0 Å². The lowest BCUT2D eigenvalue weighted by molar-refractivity contribution is 0.0867. The highest BCUT2D eigenvalue weighted by Crippen LogP contribution is 2.28. The van der Waals surface area contributed by atoms with Gasteiger partial charge in [-0.15, -0.1) is 0 Å². The van der Waals surface area contributed by atoms with Gasteiger partial charge in [0.15, 0.2) is 0 Å². The third-order valence-electron chi connectivity index (χ3n) is 2.99. The molecule has 3 aliphatic heterocycles. The fraction of sp³-hybridized carbons (Fsp3) is 0.750. The average Bonchev–Trinajstić information content (AvgIpc) is 2.63. The quantitative estimate of drug-likeness (QED) is 0.378. The van der Waals surface area contributed by atoms with Gasteiger partial charge in [0, 0.05) is 25.7 Å². The lowest BCUT2D eigenvalue weighted by atomic mass is 9.97. The first-order valence-electron chi connectivity index (χ1n) is 4.37. The Labute approximate surface area is 71.7 Å². The van der Waals surface area contributed by atoms with E-state index in [-0.39, 0.29) is 5.66 Å². The molecule has 2 fully saturated rings. The Kier molecular flexibility index (Phi) is 1.20. The monoisotopic (exact) mass is 164 g/mol. The topological polar surface area (TPSA) is 39.3 Å². The van der Waals surface area contributed by atoms with Gasteiger partial charge in [-0.2, -0.15) is 0 Å². The molecule has 0 aromatic rings. The van der Waals surface area contributed by atoms with Crippen LogP contribution in [-0.4, -0.2) is 36.5 Å². The molecule has 64 valence electrons. The second-order valence-electron chi connectivity index (χ2n) is 3.54. The normalized spacial score (nSPS) is 43.3. The van der Waals surface area contributed by atoms with Crippen LogP contribution < -0.4 is 16.0 Å². The first-order chi connectivity index (χ1) is 5.92. The van der Waals surface area contributed by atoms with E-state index in [4.69, 9.17) is 0 Å². The van der Waals surface area contributed by atoms with Gasteiger partial charge in [0.2, 0.25) is 0 Å². The van der Waals surface area contributed by atoms with Crippen molar-refractivity contribution >= 4 is 0 Å². The van der Waals surface area contributed by atoms with Gasteiger partial charge >= 0.3 is 0 Å². The number of hydrogen-bond acceptors (Lipinski definition) is 4. The Morgan fingerprint density at radius 2 is 2.50 bits per heavy atom. The van der Waals surface area contributed by atoms with Gasteiger partial charge in [0.25, 0.3) is 0 Å². The zero-order valence-electron chi connectivity index (χ0n) is 6.85. The molecular weight excluding hydrogens is 152 g/mol. The van der Waals surface area contributed by atoms with Gasteiger partial charge in [-0.1, -0.05) is 5.92 Å². The van der Waals surface area contributed by atoms with Crippen molar-refractivity contribution in [1.82, 2.24) is 20.9 Å². The highest BCUT2D eigenvalue weighted by atomic mass is 15.5. The van der Waals surface area contributed by atoms with E-state index < -0.39 is 0 Å². The van der Waals surface area contributed by atoms with Crippen molar-refractivity contribution in [2.24, 2.45) is 0 Å². The first-order valence-corrected chi connectivity index (χ1v) is 4.37. The van der Waals surface area contributed by atoms with Crippen LogP contribution in [0.25, 0.3) is 0 Å². The third kappa shape index (κ3) is 0.643. The van der Waals surface area contributed by atoms with Crippen LogP contribution in [0.15, 0.2) is 0 Å². The van der Waals surface area contributed by atoms with Crippen molar-refractivity contribution in [3.63, 3.8) is 0 Å². The minimum absolute atomic E-state index is 0.0885. The maximum Gasteiger partial charge on any atom is 0.128 e. The zero-order valence-corrected chi connectivity index (χ0v) is 6.85. The highest BCUT2D eigenvalue weighted by Gasteiger charge is 2.50. The smallest absolute Gasteiger partial charge is 0.128 e. The molecule has 4 heteroatoms. The average molecular weight is 164 g/mol. The predicted octanol–water partition coefficient (Wildman–Crippen LogP) is -1.57. The van der Waals surface area contributed by atoms with Crippen LogP contribution >= 0.6 is 0 Å². The van der Waals surface area contributed by atoms with Gasteiger partial charge < -0.3 is 0 Å². The van der Waals surface area contributed by atoms with Crippen LogP contribution in [0.3, 0.4) is 0 Å². The molecule has 1 spiro atoms. The lowest BCUT2D eigenvalue weighted by Crippen LogP contribution is -2.67. The second-order valence-corrected chi connectivity index (χ2v) is 3.54. The minimum Gasteiger partial charge on any atom is -0.298 e. The van der Waals surface area contributed by atoms with Crippen molar-refractivity contribution in [1.29, 1.82) is 0 Å². The van der Waals surface area contributed by atoms with Crippen molar-refractivity contribution in [3.05, 3.63) is 0 Å². The summed E-state index contributed by atoms with van der Waals surface area (Å²) in [6, 6.07) is 3.63. The molecule has 0 saturated carbocycles. The van der Waals surface area contributed by atoms with Gasteiger partial charge in [0.05, 0.1) is 12.7 Å². The van der Waals surface area contributed by atoms with Crippen LogP contribution in [0.1, 0.15) is 6.42 Å². The molecular formula is C8H12N4. The molecule has 3 heterocycles. The summed E-state index contributed by atoms with van der Waals surface area (Å²) in [6.45, 7) is 2.82. The standard InChI is InChI=1S/C8H12N4/c1-2-8-7(10-5-11-8)4-9-6-12(8)3-1/h7,9-11H,2,4-6H2. The van der Waals surface area contributed by atoms with E-state index in [1.165, 1.54) is 0 Å². The van der Waals surface area contributed by atoms with E-state index in [2.05, 4.69) is 32.8 Å². The number of rotatable bonds is 0. The Hall–Kier alpha value is -0.760.